The van der Waals surface area contributed by atoms with E-state index in [2.05, 4.69) is 5.32 Å². The highest BCUT2D eigenvalue weighted by Gasteiger charge is 2.16. The van der Waals surface area contributed by atoms with Crippen LogP contribution in [0.2, 0.25) is 5.02 Å². The molecule has 27 heavy (non-hydrogen) atoms. The molecule has 0 aliphatic heterocycles. The van der Waals surface area contributed by atoms with Crippen molar-refractivity contribution in [3.63, 3.8) is 0 Å². The van der Waals surface area contributed by atoms with Crippen molar-refractivity contribution in [2.24, 2.45) is 0 Å². The van der Waals surface area contributed by atoms with Crippen LogP contribution in [0.4, 0.5) is 5.69 Å². The van der Waals surface area contributed by atoms with E-state index in [1.807, 2.05) is 0 Å². The summed E-state index contributed by atoms with van der Waals surface area (Å²) >= 11 is 5.99. The lowest BCUT2D eigenvalue weighted by Gasteiger charge is -2.12. The third-order valence-corrected chi connectivity index (χ3v) is 4.18. The number of anilines is 1. The summed E-state index contributed by atoms with van der Waals surface area (Å²) in [6.07, 6.45) is 0. The number of carbonyl (C=O) groups is 1. The first-order valence-corrected chi connectivity index (χ1v) is 8.46. The van der Waals surface area contributed by atoms with E-state index in [1.165, 1.54) is 14.2 Å². The van der Waals surface area contributed by atoms with Gasteiger partial charge in [-0.2, -0.15) is 0 Å². The lowest BCUT2D eigenvalue weighted by atomic mass is 10.1. The zero-order valence-electron chi connectivity index (χ0n) is 14.8. The first-order valence-electron chi connectivity index (χ1n) is 8.08. The highest BCUT2D eigenvalue weighted by molar-refractivity contribution is 6.31. The van der Waals surface area contributed by atoms with Crippen LogP contribution in [0, 0.1) is 0 Å². The van der Waals surface area contributed by atoms with Gasteiger partial charge < -0.3 is 24.3 Å². The van der Waals surface area contributed by atoms with Crippen molar-refractivity contribution in [3.05, 3.63) is 64.9 Å². The van der Waals surface area contributed by atoms with Crippen molar-refractivity contribution in [1.82, 2.24) is 0 Å². The number of hydrogen-bond donors (Lipinski definition) is 2. The summed E-state index contributed by atoms with van der Waals surface area (Å²) in [7, 11) is 3.02. The molecule has 7 heteroatoms. The smallest absolute Gasteiger partial charge is 0.259 e. The lowest BCUT2D eigenvalue weighted by Crippen LogP contribution is -2.13. The van der Waals surface area contributed by atoms with Gasteiger partial charge in [0.2, 0.25) is 0 Å². The van der Waals surface area contributed by atoms with Crippen LogP contribution in [-0.2, 0) is 6.61 Å². The van der Waals surface area contributed by atoms with Crippen LogP contribution >= 0.6 is 11.6 Å². The topological polar surface area (TPSA) is 80.9 Å². The Morgan fingerprint density at radius 3 is 2.52 bits per heavy atom. The third kappa shape index (κ3) is 4.07. The molecule has 1 aromatic heterocycles. The summed E-state index contributed by atoms with van der Waals surface area (Å²) in [5.41, 5.74) is 1.57. The number of aliphatic hydroxyl groups excluding tert-OH is 1. The van der Waals surface area contributed by atoms with Crippen molar-refractivity contribution in [2.75, 3.05) is 19.5 Å². The number of carbonyl (C=O) groups excluding carboxylic acids is 1. The van der Waals surface area contributed by atoms with Gasteiger partial charge in [-0.15, -0.1) is 0 Å². The molecule has 0 bridgehead atoms. The van der Waals surface area contributed by atoms with Crippen LogP contribution < -0.4 is 14.8 Å². The second-order valence-electron chi connectivity index (χ2n) is 5.64. The van der Waals surface area contributed by atoms with Crippen molar-refractivity contribution < 1.29 is 23.8 Å². The minimum absolute atomic E-state index is 0.183. The predicted molar refractivity (Wildman–Crippen MR) is 103 cm³/mol. The minimum atomic E-state index is -0.357. The Hall–Kier alpha value is -2.96. The second-order valence-corrected chi connectivity index (χ2v) is 6.07. The Bertz CT molecular complexity index is 967. The fourth-order valence-corrected chi connectivity index (χ4v) is 2.81. The molecule has 0 radical (unpaired) electrons. The van der Waals surface area contributed by atoms with Gasteiger partial charge in [-0.25, -0.2) is 0 Å². The molecular formula is C20H18ClNO5. The van der Waals surface area contributed by atoms with Crippen molar-refractivity contribution in [3.8, 4) is 22.8 Å². The standard InChI is InChI=1S/C20H18ClNO5/c1-25-17-7-3-12(21)9-16(17)20(24)22-13-4-6-15(19(10-13)26-2)18-8-5-14(11-23)27-18/h3-10,23H,11H2,1-2H3,(H,22,24). The minimum Gasteiger partial charge on any atom is -0.496 e. The number of rotatable bonds is 6. The molecule has 6 nitrogen and oxygen atoms in total. The van der Waals surface area contributed by atoms with E-state index < -0.39 is 0 Å². The molecule has 0 aliphatic carbocycles. The normalized spacial score (nSPS) is 10.5. The molecule has 3 aromatic rings. The molecule has 1 amide bonds. The molecule has 0 unspecified atom stereocenters. The summed E-state index contributed by atoms with van der Waals surface area (Å²) in [6.45, 7) is -0.183. The molecular weight excluding hydrogens is 370 g/mol. The zero-order valence-corrected chi connectivity index (χ0v) is 15.5. The van der Waals surface area contributed by atoms with E-state index in [9.17, 15) is 4.79 Å². The first kappa shape index (κ1) is 18.8. The van der Waals surface area contributed by atoms with Gasteiger partial charge >= 0.3 is 0 Å². The van der Waals surface area contributed by atoms with Gasteiger partial charge in [0.15, 0.2) is 0 Å². The molecule has 3 rings (SSSR count). The van der Waals surface area contributed by atoms with Crippen LogP contribution in [0.3, 0.4) is 0 Å². The van der Waals surface area contributed by atoms with Gasteiger partial charge in [0.25, 0.3) is 5.91 Å². The molecule has 0 saturated carbocycles. The van der Waals surface area contributed by atoms with E-state index in [0.717, 1.165) is 0 Å². The van der Waals surface area contributed by atoms with Crippen molar-refractivity contribution in [2.45, 2.75) is 6.61 Å². The fraction of sp³-hybridized carbons (Fsp3) is 0.150. The Kier molecular flexibility index (Phi) is 5.69. The molecule has 0 saturated heterocycles. The molecule has 0 atom stereocenters. The van der Waals surface area contributed by atoms with E-state index in [0.29, 0.717) is 44.9 Å². The van der Waals surface area contributed by atoms with Crippen molar-refractivity contribution in [1.29, 1.82) is 0 Å². The number of halogens is 1. The summed E-state index contributed by atoms with van der Waals surface area (Å²) in [5, 5.41) is 12.4. The lowest BCUT2D eigenvalue weighted by molar-refractivity contribution is 0.102. The number of aliphatic hydroxyl groups is 1. The van der Waals surface area contributed by atoms with E-state index in [1.54, 1.807) is 48.5 Å². The number of nitrogens with one attached hydrogen (secondary N) is 1. The van der Waals surface area contributed by atoms with Crippen LogP contribution in [0.1, 0.15) is 16.1 Å². The Morgan fingerprint density at radius 2 is 1.85 bits per heavy atom. The van der Waals surface area contributed by atoms with Crippen LogP contribution in [0.15, 0.2) is 52.9 Å². The number of hydrogen-bond acceptors (Lipinski definition) is 5. The monoisotopic (exact) mass is 387 g/mol. The predicted octanol–water partition coefficient (Wildman–Crippen LogP) is 4.36. The van der Waals surface area contributed by atoms with Gasteiger partial charge in [-0.3, -0.25) is 4.79 Å². The van der Waals surface area contributed by atoms with E-state index in [4.69, 9.17) is 30.6 Å². The Morgan fingerprint density at radius 1 is 1.07 bits per heavy atom. The maximum Gasteiger partial charge on any atom is 0.259 e. The summed E-state index contributed by atoms with van der Waals surface area (Å²) in [5.74, 6) is 1.60. The van der Waals surface area contributed by atoms with Gasteiger partial charge in [-0.05, 0) is 42.5 Å². The summed E-state index contributed by atoms with van der Waals surface area (Å²) in [6, 6.07) is 13.5. The molecule has 2 N–H and O–H groups in total. The van der Waals surface area contributed by atoms with Gasteiger partial charge in [0, 0.05) is 16.8 Å². The number of furan rings is 1. The number of benzene rings is 2. The number of ether oxygens (including phenoxy) is 2. The van der Waals surface area contributed by atoms with Gasteiger partial charge in [-0.1, -0.05) is 11.6 Å². The maximum atomic E-state index is 12.6. The van der Waals surface area contributed by atoms with Crippen LogP contribution in [0.25, 0.3) is 11.3 Å². The highest BCUT2D eigenvalue weighted by atomic mass is 35.5. The summed E-state index contributed by atoms with van der Waals surface area (Å²) in [4.78, 5) is 12.6. The molecule has 1 heterocycles. The van der Waals surface area contributed by atoms with E-state index in [-0.39, 0.29) is 12.5 Å². The molecule has 0 aliphatic rings. The zero-order chi connectivity index (χ0) is 19.4. The van der Waals surface area contributed by atoms with Crippen LogP contribution in [-0.4, -0.2) is 25.2 Å². The van der Waals surface area contributed by atoms with E-state index >= 15 is 0 Å². The van der Waals surface area contributed by atoms with Crippen LogP contribution in [0.5, 0.6) is 11.5 Å². The van der Waals surface area contributed by atoms with Crippen molar-refractivity contribution >= 4 is 23.2 Å². The average Bonchev–Trinajstić information content (AvgIpc) is 3.16. The summed E-state index contributed by atoms with van der Waals surface area (Å²) < 4.78 is 16.2. The molecule has 140 valence electrons. The quantitative estimate of drug-likeness (QED) is 0.656. The van der Waals surface area contributed by atoms with Gasteiger partial charge in [0.05, 0.1) is 25.3 Å². The molecule has 2 aromatic carbocycles. The largest absolute Gasteiger partial charge is 0.496 e. The Balaban J connectivity index is 1.88. The average molecular weight is 388 g/mol. The molecule has 0 spiro atoms. The SMILES string of the molecule is COc1ccc(Cl)cc1C(=O)Nc1ccc(-c2ccc(CO)o2)c(OC)c1. The first-order chi connectivity index (χ1) is 13.0. The number of methoxy groups -OCH3 is 2. The number of amides is 1. The second kappa shape index (κ2) is 8.16. The Labute approximate surface area is 161 Å². The third-order valence-electron chi connectivity index (χ3n) is 3.95. The molecule has 0 fully saturated rings. The highest BCUT2D eigenvalue weighted by Crippen LogP contribution is 2.34. The van der Waals surface area contributed by atoms with Gasteiger partial charge in [0.1, 0.15) is 29.6 Å². The maximum absolute atomic E-state index is 12.6. The fourth-order valence-electron chi connectivity index (χ4n) is 2.64.